The SMILES string of the molecule is CC.CC.CC.CC.CC.CC.CC.CC.CC.CC.CC1(C)c2ccccc2-c2ccccc21.CCc1cc(C)cc(C)c1.CCc1cc(C)cc(C)c1.CCc1cc(C)cc(C)c1.c1ccc(C2(c3ccccc3)c3ccccc3-c3ccccc32)cc1.c1ccc2c(c1)-c1ccccc1C21c2ccccc2-c2ccccc21. The average molecular weight is 1530 g/mol. The van der Waals surface area contributed by atoms with Gasteiger partial charge in [-0.25, -0.2) is 0 Å². The van der Waals surface area contributed by atoms with Crippen LogP contribution in [-0.2, 0) is 35.5 Å². The average Bonchev–Trinajstić information content (AvgIpc) is 1.52. The molecule has 13 aromatic rings. The molecule has 115 heavy (non-hydrogen) atoms. The highest BCUT2D eigenvalue weighted by Gasteiger charge is 2.51. The first-order valence-corrected chi connectivity index (χ1v) is 44.3. The van der Waals surface area contributed by atoms with Gasteiger partial charge in [0.15, 0.2) is 0 Å². The van der Waals surface area contributed by atoms with E-state index >= 15 is 0 Å². The molecule has 0 amide bonds. The molecule has 0 heteroatoms. The fraction of sp³-hybridized carbons (Fsp3) is 0.322. The highest BCUT2D eigenvalue weighted by molar-refractivity contribution is 5.95. The highest BCUT2D eigenvalue weighted by atomic mass is 14.5. The van der Waals surface area contributed by atoms with Crippen molar-refractivity contribution in [1.29, 1.82) is 0 Å². The lowest BCUT2D eigenvalue weighted by atomic mass is 9.68. The fourth-order valence-corrected chi connectivity index (χ4v) is 15.9. The standard InChI is InChI=1S/C25H16.C25H18.C15H14.3C10H14.10C2H6/c1-5-13-21-17(9-1)18-10-2-6-14-22(18)25(21)23-15-7-3-11-19(23)20-12-4-8-16-24(20)25;1-3-11-19(12-4-1)25(20-13-5-2-6-14-20)23-17-9-7-15-21(23)22-16-8-10-18-24(22)25;1-15(2)13-9-5-3-7-11(13)12-8-4-6-10-14(12)15;3*1-4-10-6-8(2)5-9(3)7-10;10*1-2/h1-16H;1-18H;3-10H,1-2H3;3*5-7H,4H2,1-3H3;10*1-2H3. The van der Waals surface area contributed by atoms with Crippen LogP contribution in [0.1, 0.15) is 279 Å². The summed E-state index contributed by atoms with van der Waals surface area (Å²) in [4.78, 5) is 0. The third-order valence-corrected chi connectivity index (χ3v) is 19.8. The monoisotopic (exact) mass is 1530 g/mol. The Labute approximate surface area is 705 Å². The second kappa shape index (κ2) is 53.8. The Balaban J connectivity index is 0.000000464. The molecule has 0 fully saturated rings. The second-order valence-electron chi connectivity index (χ2n) is 26.8. The van der Waals surface area contributed by atoms with E-state index in [0.29, 0.717) is 0 Å². The van der Waals surface area contributed by atoms with Gasteiger partial charge in [0.25, 0.3) is 0 Å². The Morgan fingerprint density at radius 1 is 0.174 bits per heavy atom. The Kier molecular flexibility index (Phi) is 47.3. The van der Waals surface area contributed by atoms with Crippen molar-refractivity contribution in [3.05, 3.63) is 415 Å². The van der Waals surface area contributed by atoms with E-state index in [1.807, 2.05) is 138 Å². The molecule has 0 atom stereocenters. The van der Waals surface area contributed by atoms with Gasteiger partial charge in [0, 0.05) is 5.41 Å². The molecule has 0 heterocycles. The highest BCUT2D eigenvalue weighted by Crippen LogP contribution is 2.63. The summed E-state index contributed by atoms with van der Waals surface area (Å²) in [5.41, 5.74) is 37.1. The van der Waals surface area contributed by atoms with Gasteiger partial charge in [-0.1, -0.05) is 516 Å². The molecule has 0 saturated heterocycles. The minimum absolute atomic E-state index is 0.160. The molecule has 0 N–H and O–H groups in total. The minimum atomic E-state index is -0.254. The van der Waals surface area contributed by atoms with Crippen LogP contribution < -0.4 is 0 Å². The van der Waals surface area contributed by atoms with Gasteiger partial charge in [0.2, 0.25) is 0 Å². The second-order valence-corrected chi connectivity index (χ2v) is 26.8. The third-order valence-electron chi connectivity index (χ3n) is 19.8. The number of rotatable bonds is 5. The van der Waals surface area contributed by atoms with Crippen LogP contribution >= 0.6 is 0 Å². The van der Waals surface area contributed by atoms with Gasteiger partial charge in [-0.15, -0.1) is 0 Å². The quantitative estimate of drug-likeness (QED) is 0.161. The summed E-state index contributed by atoms with van der Waals surface area (Å²) in [6.45, 7) is 64.0. The van der Waals surface area contributed by atoms with Gasteiger partial charge < -0.3 is 0 Å². The number of benzene rings is 13. The van der Waals surface area contributed by atoms with Crippen LogP contribution in [0.5, 0.6) is 0 Å². The fourth-order valence-electron chi connectivity index (χ4n) is 15.9. The smallest absolute Gasteiger partial charge is 0.0683 e. The van der Waals surface area contributed by atoms with Crippen molar-refractivity contribution < 1.29 is 0 Å². The van der Waals surface area contributed by atoms with E-state index in [-0.39, 0.29) is 16.2 Å². The van der Waals surface area contributed by atoms with Crippen LogP contribution in [0.15, 0.2) is 309 Å². The molecule has 0 nitrogen and oxygen atoms in total. The van der Waals surface area contributed by atoms with E-state index in [0.717, 1.165) is 19.3 Å². The zero-order valence-electron chi connectivity index (χ0n) is 77.6. The molecular formula is C115H150. The summed E-state index contributed by atoms with van der Waals surface area (Å²) < 4.78 is 0. The summed E-state index contributed by atoms with van der Waals surface area (Å²) in [5, 5.41) is 0. The summed E-state index contributed by atoms with van der Waals surface area (Å²) in [7, 11) is 0. The number of hydrogen-bond donors (Lipinski definition) is 0. The third kappa shape index (κ3) is 24.0. The molecule has 0 unspecified atom stereocenters. The first-order valence-electron chi connectivity index (χ1n) is 44.3. The Morgan fingerprint density at radius 3 is 0.504 bits per heavy atom. The summed E-state index contributed by atoms with van der Waals surface area (Å²) in [6, 6.07) is 113. The predicted molar refractivity (Wildman–Crippen MR) is 520 cm³/mol. The minimum Gasteiger partial charge on any atom is -0.0683 e. The van der Waals surface area contributed by atoms with Gasteiger partial charge in [-0.2, -0.15) is 0 Å². The van der Waals surface area contributed by atoms with Crippen molar-refractivity contribution in [2.45, 2.75) is 250 Å². The van der Waals surface area contributed by atoms with Crippen LogP contribution in [0.3, 0.4) is 0 Å². The van der Waals surface area contributed by atoms with Gasteiger partial charge in [0.05, 0.1) is 10.8 Å². The van der Waals surface area contributed by atoms with Crippen molar-refractivity contribution in [2.24, 2.45) is 0 Å². The molecule has 0 saturated carbocycles. The van der Waals surface area contributed by atoms with Crippen LogP contribution in [0.2, 0.25) is 0 Å². The predicted octanol–water partition coefficient (Wildman–Crippen LogP) is 34.9. The molecule has 4 aliphatic rings. The summed E-state index contributed by atoms with van der Waals surface area (Å²) in [5.74, 6) is 0. The zero-order valence-corrected chi connectivity index (χ0v) is 77.6. The van der Waals surface area contributed by atoms with Crippen molar-refractivity contribution in [1.82, 2.24) is 0 Å². The van der Waals surface area contributed by atoms with Crippen molar-refractivity contribution in [3.63, 3.8) is 0 Å². The molecule has 0 bridgehead atoms. The van der Waals surface area contributed by atoms with Gasteiger partial charge in [0.1, 0.15) is 0 Å². The van der Waals surface area contributed by atoms with Crippen LogP contribution in [0.4, 0.5) is 0 Å². The molecule has 0 aromatic heterocycles. The lowest BCUT2D eigenvalue weighted by Gasteiger charge is -2.33. The van der Waals surface area contributed by atoms with Gasteiger partial charge in [-0.05, 0) is 178 Å². The zero-order chi connectivity index (χ0) is 86.3. The molecule has 610 valence electrons. The number of aryl methyl sites for hydroxylation is 9. The van der Waals surface area contributed by atoms with Crippen molar-refractivity contribution in [3.8, 4) is 44.5 Å². The Morgan fingerprint density at radius 2 is 0.322 bits per heavy atom. The van der Waals surface area contributed by atoms with Crippen molar-refractivity contribution >= 4 is 0 Å². The molecule has 1 spiro atoms. The van der Waals surface area contributed by atoms with E-state index in [1.54, 1.807) is 0 Å². The maximum atomic E-state index is 2.31. The van der Waals surface area contributed by atoms with Crippen LogP contribution in [0, 0.1) is 41.5 Å². The molecule has 4 aliphatic carbocycles. The summed E-state index contributed by atoms with van der Waals surface area (Å²) in [6.07, 6.45) is 3.42. The number of fused-ring (bicyclic) bond motifs is 16. The van der Waals surface area contributed by atoms with Crippen molar-refractivity contribution in [2.75, 3.05) is 0 Å². The van der Waals surface area contributed by atoms with E-state index in [2.05, 4.69) is 386 Å². The Hall–Kier alpha value is -10.1. The maximum Gasteiger partial charge on any atom is 0.0725 e. The molecule has 17 rings (SSSR count). The molecule has 0 aliphatic heterocycles. The Bertz CT molecular complexity index is 4190. The molecular weight excluding hydrogens is 1380 g/mol. The molecule has 13 aromatic carbocycles. The van der Waals surface area contributed by atoms with E-state index < -0.39 is 0 Å². The van der Waals surface area contributed by atoms with Crippen LogP contribution in [0.25, 0.3) is 44.5 Å². The lowest BCUT2D eigenvalue weighted by Crippen LogP contribution is -2.28. The molecule has 0 radical (unpaired) electrons. The van der Waals surface area contributed by atoms with Crippen LogP contribution in [-0.4, -0.2) is 0 Å². The van der Waals surface area contributed by atoms with E-state index in [9.17, 15) is 0 Å². The number of hydrogen-bond acceptors (Lipinski definition) is 0. The first kappa shape index (κ1) is 101. The largest absolute Gasteiger partial charge is 0.0725 e. The lowest BCUT2D eigenvalue weighted by molar-refractivity contribution is 0.660. The van der Waals surface area contributed by atoms with Gasteiger partial charge in [-0.3, -0.25) is 0 Å². The van der Waals surface area contributed by atoms with E-state index in [1.165, 1.54) is 150 Å². The topological polar surface area (TPSA) is 0 Å². The normalized spacial score (nSPS) is 11.4. The maximum absolute atomic E-state index is 2.31. The summed E-state index contributed by atoms with van der Waals surface area (Å²) >= 11 is 0. The first-order chi connectivity index (χ1) is 56.2. The van der Waals surface area contributed by atoms with E-state index in [4.69, 9.17) is 0 Å². The van der Waals surface area contributed by atoms with Gasteiger partial charge >= 0.3 is 0 Å².